The van der Waals surface area contributed by atoms with E-state index < -0.39 is 23.8 Å². The highest BCUT2D eigenvalue weighted by atomic mass is 35.5. The van der Waals surface area contributed by atoms with E-state index in [2.05, 4.69) is 20.6 Å². The largest absolute Gasteiger partial charge is 0.493 e. The van der Waals surface area contributed by atoms with E-state index in [9.17, 15) is 14.0 Å². The van der Waals surface area contributed by atoms with Crippen LogP contribution in [0.25, 0.3) is 0 Å². The topological polar surface area (TPSA) is 102 Å². The second kappa shape index (κ2) is 14.6. The Morgan fingerprint density at radius 2 is 1.74 bits per heavy atom. The number of nitrogens with one attached hydrogen (secondary N) is 2. The molecule has 222 valence electrons. The number of carbonyl (C=O) groups excluding carboxylic acids is 2. The van der Waals surface area contributed by atoms with Gasteiger partial charge in [-0.1, -0.05) is 55.2 Å². The minimum Gasteiger partial charge on any atom is -0.493 e. The van der Waals surface area contributed by atoms with Crippen molar-refractivity contribution in [2.45, 2.75) is 33.5 Å². The summed E-state index contributed by atoms with van der Waals surface area (Å²) in [5, 5.41) is 5.99. The molecule has 1 atom stereocenters. The molecule has 2 amide bonds. The molecule has 0 aliphatic carbocycles. The number of fused-ring (bicyclic) bond motifs is 1. The summed E-state index contributed by atoms with van der Waals surface area (Å²) in [7, 11) is 0. The number of nitrogens with zero attached hydrogens (tertiary/aromatic N) is 2. The molecule has 0 saturated heterocycles. The molecule has 2 N–H and O–H groups in total. The van der Waals surface area contributed by atoms with Crippen molar-refractivity contribution in [3.05, 3.63) is 117 Å². The van der Waals surface area contributed by atoms with Crippen molar-refractivity contribution in [1.29, 1.82) is 0 Å². The van der Waals surface area contributed by atoms with E-state index in [-0.39, 0.29) is 22.9 Å². The summed E-state index contributed by atoms with van der Waals surface area (Å²) in [5.41, 5.74) is 2.39. The molecular weight excluding hydrogens is 594 g/mol. The van der Waals surface area contributed by atoms with Crippen LogP contribution in [0, 0.1) is 5.82 Å². The summed E-state index contributed by atoms with van der Waals surface area (Å²) in [6, 6.07) is 17.2. The Morgan fingerprint density at radius 3 is 2.49 bits per heavy atom. The number of benzodiazepines with no additional fused rings is 1. The van der Waals surface area contributed by atoms with Crippen LogP contribution in [0.1, 0.15) is 47.8 Å². The number of hydrogen-bond acceptors (Lipinski definition) is 6. The summed E-state index contributed by atoms with van der Waals surface area (Å²) in [6.45, 7) is 6.24. The summed E-state index contributed by atoms with van der Waals surface area (Å²) in [6.07, 6.45) is 1.81. The maximum absolute atomic E-state index is 14.3. The number of para-hydroxylation sites is 1. The Labute approximate surface area is 258 Å². The third kappa shape index (κ3) is 7.49. The van der Waals surface area contributed by atoms with Gasteiger partial charge in [-0.2, -0.15) is 0 Å². The highest BCUT2D eigenvalue weighted by molar-refractivity contribution is 6.39. The molecule has 1 aliphatic rings. The van der Waals surface area contributed by atoms with E-state index in [4.69, 9.17) is 32.7 Å². The number of amides is 2. The maximum Gasteiger partial charge on any atom is 0.269 e. The highest BCUT2D eigenvalue weighted by Crippen LogP contribution is 2.36. The molecule has 11 heteroatoms. The molecule has 5 rings (SSSR count). The molecule has 43 heavy (non-hydrogen) atoms. The molecule has 0 saturated carbocycles. The van der Waals surface area contributed by atoms with Crippen LogP contribution in [-0.2, 0) is 11.4 Å². The highest BCUT2D eigenvalue weighted by Gasteiger charge is 2.30. The number of hydrogen-bond donors (Lipinski definition) is 2. The minimum absolute atomic E-state index is 0.107. The van der Waals surface area contributed by atoms with Crippen molar-refractivity contribution in [2.75, 3.05) is 11.9 Å². The van der Waals surface area contributed by atoms with Gasteiger partial charge >= 0.3 is 0 Å². The zero-order valence-corrected chi connectivity index (χ0v) is 25.2. The van der Waals surface area contributed by atoms with Crippen molar-refractivity contribution >= 4 is 46.4 Å². The van der Waals surface area contributed by atoms with Gasteiger partial charge in [-0.25, -0.2) is 9.38 Å². The van der Waals surface area contributed by atoms with Gasteiger partial charge < -0.3 is 20.1 Å². The molecule has 0 radical (unpaired) electrons. The normalized spacial score (nSPS) is 13.8. The Hall–Kier alpha value is -4.47. The van der Waals surface area contributed by atoms with E-state index in [1.165, 1.54) is 12.1 Å². The van der Waals surface area contributed by atoms with Crippen LogP contribution in [-0.4, -0.2) is 35.3 Å². The monoisotopic (exact) mass is 622 g/mol. The van der Waals surface area contributed by atoms with Crippen molar-refractivity contribution in [1.82, 2.24) is 10.3 Å². The summed E-state index contributed by atoms with van der Waals surface area (Å²) >= 11 is 12.9. The zero-order chi connectivity index (χ0) is 30.9. The fourth-order valence-electron chi connectivity index (χ4n) is 4.25. The van der Waals surface area contributed by atoms with Gasteiger partial charge in [-0.05, 0) is 61.0 Å². The standard InChI is InChI=1S/C30H23Cl2FN4O4.C2H6/c1-2-40-25-14-18(31)13-22(32)26(25)27-20-5-3-4-6-23(20)35-30(39)28(36-27)37-29(38)21-15-19(33)7-8-24(21)41-16-17-9-11-34-12-10-17;1-2/h3-15,28H,2,16H2,1H3,(H,35,39)(H,37,38);1-2H3. The lowest BCUT2D eigenvalue weighted by Gasteiger charge is -2.17. The quantitative estimate of drug-likeness (QED) is 0.219. The molecule has 8 nitrogen and oxygen atoms in total. The Balaban J connectivity index is 0.00000207. The second-order valence-electron chi connectivity index (χ2n) is 8.87. The van der Waals surface area contributed by atoms with E-state index in [0.29, 0.717) is 39.9 Å². The van der Waals surface area contributed by atoms with E-state index >= 15 is 0 Å². The number of ether oxygens (including phenoxy) is 2. The maximum atomic E-state index is 14.3. The average Bonchev–Trinajstić information content (AvgIpc) is 3.13. The third-order valence-electron chi connectivity index (χ3n) is 6.10. The lowest BCUT2D eigenvalue weighted by molar-refractivity contribution is -0.117. The van der Waals surface area contributed by atoms with Crippen molar-refractivity contribution in [2.24, 2.45) is 4.99 Å². The first kappa shape index (κ1) is 31.5. The Kier molecular flexibility index (Phi) is 10.7. The molecule has 1 unspecified atom stereocenters. The number of aliphatic imine (C=N–C) groups is 1. The molecule has 0 fully saturated rings. The van der Waals surface area contributed by atoms with Gasteiger partial charge in [0.25, 0.3) is 11.8 Å². The van der Waals surface area contributed by atoms with E-state index in [1.54, 1.807) is 60.9 Å². The average molecular weight is 624 g/mol. The van der Waals surface area contributed by atoms with Crippen LogP contribution in [0.4, 0.5) is 10.1 Å². The first-order valence-electron chi connectivity index (χ1n) is 13.6. The van der Waals surface area contributed by atoms with Crippen LogP contribution in [0.3, 0.4) is 0 Å². The molecule has 3 aromatic carbocycles. The predicted molar refractivity (Wildman–Crippen MR) is 166 cm³/mol. The second-order valence-corrected chi connectivity index (χ2v) is 9.71. The van der Waals surface area contributed by atoms with Gasteiger partial charge in [0.2, 0.25) is 6.17 Å². The Morgan fingerprint density at radius 1 is 1.00 bits per heavy atom. The van der Waals surface area contributed by atoms with Crippen molar-refractivity contribution in [3.8, 4) is 11.5 Å². The number of pyridine rings is 1. The lowest BCUT2D eigenvalue weighted by atomic mass is 9.99. The van der Waals surface area contributed by atoms with Crippen molar-refractivity contribution < 1.29 is 23.5 Å². The van der Waals surface area contributed by atoms with Gasteiger partial charge in [0.1, 0.15) is 23.9 Å². The van der Waals surface area contributed by atoms with Crippen LogP contribution in [0.5, 0.6) is 11.5 Å². The third-order valence-corrected chi connectivity index (χ3v) is 6.62. The van der Waals surface area contributed by atoms with Crippen LogP contribution >= 0.6 is 23.2 Å². The number of benzene rings is 3. The number of carbonyl (C=O) groups is 2. The molecule has 1 aliphatic heterocycles. The molecule has 0 spiro atoms. The van der Waals surface area contributed by atoms with Crippen LogP contribution < -0.4 is 20.1 Å². The van der Waals surface area contributed by atoms with Crippen LogP contribution in [0.2, 0.25) is 10.0 Å². The molecule has 1 aromatic heterocycles. The molecule has 4 aromatic rings. The summed E-state index contributed by atoms with van der Waals surface area (Å²) in [5.74, 6) is -1.55. The van der Waals surface area contributed by atoms with Gasteiger partial charge in [0, 0.05) is 23.0 Å². The number of halogens is 3. The van der Waals surface area contributed by atoms with E-state index in [1.807, 2.05) is 20.8 Å². The fraction of sp³-hybridized carbons (Fsp3) is 0.188. The van der Waals surface area contributed by atoms with Crippen molar-refractivity contribution in [3.63, 3.8) is 0 Å². The van der Waals surface area contributed by atoms with Gasteiger partial charge in [0.15, 0.2) is 0 Å². The van der Waals surface area contributed by atoms with Gasteiger partial charge in [0.05, 0.1) is 34.2 Å². The number of aromatic nitrogens is 1. The molecule has 2 heterocycles. The molecular formula is C32H29Cl2FN4O4. The van der Waals surface area contributed by atoms with Crippen LogP contribution in [0.15, 0.2) is 84.1 Å². The first-order valence-corrected chi connectivity index (χ1v) is 14.3. The Bertz CT molecular complexity index is 1650. The molecule has 0 bridgehead atoms. The fourth-order valence-corrected chi connectivity index (χ4v) is 4.81. The van der Waals surface area contributed by atoms with Gasteiger partial charge in [-0.3, -0.25) is 14.6 Å². The smallest absolute Gasteiger partial charge is 0.269 e. The number of rotatable bonds is 8. The summed E-state index contributed by atoms with van der Waals surface area (Å²) < 4.78 is 25.9. The SMILES string of the molecule is CC.CCOc1cc(Cl)cc(Cl)c1C1=NC(NC(=O)c2cc(F)ccc2OCc2ccncc2)C(=O)Nc2ccccc21. The minimum atomic E-state index is -1.41. The number of anilines is 1. The lowest BCUT2D eigenvalue weighted by Crippen LogP contribution is -2.42. The first-order chi connectivity index (χ1) is 20.8. The van der Waals surface area contributed by atoms with Gasteiger partial charge in [-0.15, -0.1) is 0 Å². The van der Waals surface area contributed by atoms with E-state index in [0.717, 1.165) is 11.6 Å². The summed E-state index contributed by atoms with van der Waals surface area (Å²) in [4.78, 5) is 35.4. The predicted octanol–water partition coefficient (Wildman–Crippen LogP) is 7.08. The zero-order valence-electron chi connectivity index (χ0n) is 23.7.